The van der Waals surface area contributed by atoms with E-state index in [0.717, 1.165) is 5.01 Å². The quantitative estimate of drug-likeness (QED) is 0.304. The highest BCUT2D eigenvalue weighted by molar-refractivity contribution is 7.09. The van der Waals surface area contributed by atoms with Gasteiger partial charge < -0.3 is 16.3 Å². The van der Waals surface area contributed by atoms with Gasteiger partial charge in [-0.3, -0.25) is 4.79 Å². The highest BCUT2D eigenvalue weighted by Crippen LogP contribution is 2.26. The van der Waals surface area contributed by atoms with E-state index in [1.165, 1.54) is 0 Å². The van der Waals surface area contributed by atoms with Crippen LogP contribution in [0.1, 0.15) is 31.7 Å². The maximum Gasteiger partial charge on any atom is 0.233 e. The third-order valence-corrected chi connectivity index (χ3v) is 4.19. The first-order valence-corrected chi connectivity index (χ1v) is 7.13. The first-order chi connectivity index (χ1) is 9.10. The average molecular weight is 284 g/mol. The van der Waals surface area contributed by atoms with E-state index in [2.05, 4.69) is 15.5 Å². The molecule has 0 atom stereocenters. The number of nitrogens with two attached hydrogens (primary N) is 1. The summed E-state index contributed by atoms with van der Waals surface area (Å²) in [7, 11) is 0. The van der Waals surface area contributed by atoms with Crippen molar-refractivity contribution in [2.75, 3.05) is 6.54 Å². The Morgan fingerprint density at radius 1 is 1.58 bits per heavy atom. The molecule has 0 aliphatic heterocycles. The van der Waals surface area contributed by atoms with Crippen molar-refractivity contribution < 1.29 is 10.0 Å². The number of carbonyl (C=O) groups excluding carboxylic acids is 1. The number of nitrogens with zero attached hydrogens (tertiary/aromatic N) is 2. The maximum atomic E-state index is 12.3. The average Bonchev–Trinajstić information content (AvgIpc) is 2.93. The van der Waals surface area contributed by atoms with Gasteiger partial charge >= 0.3 is 0 Å². The second-order valence-corrected chi connectivity index (χ2v) is 5.19. The summed E-state index contributed by atoms with van der Waals surface area (Å²) >= 11 is 1.55. The zero-order valence-corrected chi connectivity index (χ0v) is 12.0. The largest absolute Gasteiger partial charge is 0.409 e. The molecule has 1 aromatic heterocycles. The van der Waals surface area contributed by atoms with Crippen LogP contribution in [0.3, 0.4) is 0 Å². The topological polar surface area (TPSA) is 101 Å². The second kappa shape index (κ2) is 7.08. The normalized spacial score (nSPS) is 12.4. The zero-order valence-electron chi connectivity index (χ0n) is 11.2. The van der Waals surface area contributed by atoms with Crippen LogP contribution in [-0.2, 0) is 11.2 Å². The number of thiazole rings is 1. The van der Waals surface area contributed by atoms with Crippen LogP contribution in [0.4, 0.5) is 0 Å². The van der Waals surface area contributed by atoms with Gasteiger partial charge in [0.1, 0.15) is 5.41 Å². The van der Waals surface area contributed by atoms with E-state index in [1.54, 1.807) is 17.5 Å². The van der Waals surface area contributed by atoms with E-state index in [-0.39, 0.29) is 11.7 Å². The number of oxime groups is 1. The summed E-state index contributed by atoms with van der Waals surface area (Å²) < 4.78 is 0. The Labute approximate surface area is 116 Å². The lowest BCUT2D eigenvalue weighted by Gasteiger charge is -2.28. The molecular formula is C12H20N4O2S. The SMILES string of the molecule is CCC(CC)(C(=O)NCCc1nccs1)C(N)=NO. The van der Waals surface area contributed by atoms with Gasteiger partial charge in [-0.25, -0.2) is 4.98 Å². The van der Waals surface area contributed by atoms with Gasteiger partial charge in [0.25, 0.3) is 0 Å². The van der Waals surface area contributed by atoms with Crippen molar-refractivity contribution >= 4 is 23.1 Å². The van der Waals surface area contributed by atoms with Gasteiger partial charge in [0.2, 0.25) is 5.91 Å². The fourth-order valence-electron chi connectivity index (χ4n) is 1.97. The molecule has 0 saturated heterocycles. The van der Waals surface area contributed by atoms with E-state index in [0.29, 0.717) is 25.8 Å². The number of aromatic nitrogens is 1. The minimum atomic E-state index is -0.933. The maximum absolute atomic E-state index is 12.3. The molecule has 4 N–H and O–H groups in total. The molecule has 0 bridgehead atoms. The molecule has 0 aromatic carbocycles. The van der Waals surface area contributed by atoms with Gasteiger partial charge in [0.05, 0.1) is 5.01 Å². The Hall–Kier alpha value is -1.63. The molecule has 0 aliphatic carbocycles. The number of amidine groups is 1. The Balaban J connectivity index is 2.63. The molecule has 1 aromatic rings. The number of rotatable bonds is 7. The molecular weight excluding hydrogens is 264 g/mol. The van der Waals surface area contributed by atoms with E-state index >= 15 is 0 Å². The van der Waals surface area contributed by atoms with Gasteiger partial charge in [-0.2, -0.15) is 0 Å². The highest BCUT2D eigenvalue weighted by Gasteiger charge is 2.39. The van der Waals surface area contributed by atoms with Crippen LogP contribution in [0.2, 0.25) is 0 Å². The van der Waals surface area contributed by atoms with E-state index in [9.17, 15) is 4.79 Å². The molecule has 19 heavy (non-hydrogen) atoms. The molecule has 0 saturated carbocycles. The van der Waals surface area contributed by atoms with Crippen LogP contribution < -0.4 is 11.1 Å². The van der Waals surface area contributed by atoms with E-state index < -0.39 is 5.41 Å². The van der Waals surface area contributed by atoms with Crippen molar-refractivity contribution in [2.24, 2.45) is 16.3 Å². The molecule has 0 unspecified atom stereocenters. The van der Waals surface area contributed by atoms with Crippen molar-refractivity contribution in [2.45, 2.75) is 33.1 Å². The van der Waals surface area contributed by atoms with E-state index in [4.69, 9.17) is 10.9 Å². The molecule has 7 heteroatoms. The molecule has 0 spiro atoms. The zero-order chi connectivity index (χ0) is 14.3. The Bertz CT molecular complexity index is 427. The summed E-state index contributed by atoms with van der Waals surface area (Å²) in [5, 5.41) is 17.5. The third kappa shape index (κ3) is 3.44. The van der Waals surface area contributed by atoms with Crippen LogP contribution in [0, 0.1) is 5.41 Å². The Morgan fingerprint density at radius 3 is 2.74 bits per heavy atom. The van der Waals surface area contributed by atoms with Gasteiger partial charge in [-0.05, 0) is 12.8 Å². The number of amides is 1. The van der Waals surface area contributed by atoms with Crippen molar-refractivity contribution in [3.63, 3.8) is 0 Å². The molecule has 1 amide bonds. The standard InChI is InChI=1S/C12H20N4O2S/c1-3-12(4-2,10(13)16-18)11(17)15-6-5-9-14-7-8-19-9/h7-8,18H,3-6H2,1-2H3,(H2,13,16)(H,15,17). The fraction of sp³-hybridized carbons (Fsp3) is 0.583. The summed E-state index contributed by atoms with van der Waals surface area (Å²) in [5.41, 5.74) is 4.74. The van der Waals surface area contributed by atoms with Crippen LogP contribution >= 0.6 is 11.3 Å². The highest BCUT2D eigenvalue weighted by atomic mass is 32.1. The van der Waals surface area contributed by atoms with Crippen LogP contribution in [0.15, 0.2) is 16.7 Å². The molecule has 0 radical (unpaired) electrons. The minimum absolute atomic E-state index is 0.0377. The molecule has 6 nitrogen and oxygen atoms in total. The van der Waals surface area contributed by atoms with Gasteiger partial charge in [0, 0.05) is 24.5 Å². The van der Waals surface area contributed by atoms with Crippen molar-refractivity contribution in [3.05, 3.63) is 16.6 Å². The van der Waals surface area contributed by atoms with Crippen LogP contribution in [0.25, 0.3) is 0 Å². The van der Waals surface area contributed by atoms with Crippen molar-refractivity contribution in [3.8, 4) is 0 Å². The minimum Gasteiger partial charge on any atom is -0.409 e. The first-order valence-electron chi connectivity index (χ1n) is 6.25. The number of hydrogen-bond acceptors (Lipinski definition) is 5. The fourth-order valence-corrected chi connectivity index (χ4v) is 2.59. The van der Waals surface area contributed by atoms with Gasteiger partial charge in [0.15, 0.2) is 5.84 Å². The van der Waals surface area contributed by atoms with Crippen LogP contribution in [0.5, 0.6) is 0 Å². The summed E-state index contributed by atoms with van der Waals surface area (Å²) in [6, 6.07) is 0. The lowest BCUT2D eigenvalue weighted by atomic mass is 9.80. The van der Waals surface area contributed by atoms with Crippen molar-refractivity contribution in [1.29, 1.82) is 0 Å². The Morgan fingerprint density at radius 2 is 2.26 bits per heavy atom. The number of hydrogen-bond donors (Lipinski definition) is 3. The second-order valence-electron chi connectivity index (χ2n) is 4.21. The predicted octanol–water partition coefficient (Wildman–Crippen LogP) is 1.35. The molecule has 106 valence electrons. The molecule has 1 heterocycles. The predicted molar refractivity (Wildman–Crippen MR) is 75.3 cm³/mol. The molecule has 1 rings (SSSR count). The first kappa shape index (κ1) is 15.4. The van der Waals surface area contributed by atoms with Gasteiger partial charge in [-0.1, -0.05) is 19.0 Å². The lowest BCUT2D eigenvalue weighted by Crippen LogP contribution is -2.49. The van der Waals surface area contributed by atoms with Crippen LogP contribution in [-0.4, -0.2) is 28.5 Å². The van der Waals surface area contributed by atoms with Gasteiger partial charge in [-0.15, -0.1) is 11.3 Å². The molecule has 0 aliphatic rings. The Kier molecular flexibility index (Phi) is 5.75. The summed E-state index contributed by atoms with van der Waals surface area (Å²) in [4.78, 5) is 16.4. The van der Waals surface area contributed by atoms with Crippen molar-refractivity contribution in [1.82, 2.24) is 10.3 Å². The third-order valence-electron chi connectivity index (χ3n) is 3.35. The summed E-state index contributed by atoms with van der Waals surface area (Å²) in [5.74, 6) is -0.242. The number of nitrogens with one attached hydrogen (secondary N) is 1. The lowest BCUT2D eigenvalue weighted by molar-refractivity contribution is -0.127. The monoisotopic (exact) mass is 284 g/mol. The summed E-state index contributed by atoms with van der Waals surface area (Å²) in [6.07, 6.45) is 3.40. The number of carbonyl (C=O) groups is 1. The smallest absolute Gasteiger partial charge is 0.233 e. The molecule has 0 fully saturated rings. The van der Waals surface area contributed by atoms with E-state index in [1.807, 2.05) is 19.2 Å². The summed E-state index contributed by atoms with van der Waals surface area (Å²) in [6.45, 7) is 4.19.